The summed E-state index contributed by atoms with van der Waals surface area (Å²) in [5, 5.41) is 0. The molecule has 0 spiro atoms. The minimum Gasteiger partial charge on any atom is -0.462 e. The van der Waals surface area contributed by atoms with Gasteiger partial charge in [0, 0.05) is 19.4 Å². The number of phosphoric acid groups is 1. The summed E-state index contributed by atoms with van der Waals surface area (Å²) in [4.78, 5) is 35.2. The van der Waals surface area contributed by atoms with Crippen LogP contribution in [-0.4, -0.2) is 49.3 Å². The van der Waals surface area contributed by atoms with Crippen LogP contribution in [0.25, 0.3) is 0 Å². The summed E-state index contributed by atoms with van der Waals surface area (Å²) < 4.78 is 33.0. The molecule has 0 aliphatic heterocycles. The Morgan fingerprint density at radius 3 is 1.09 bits per heavy atom. The number of carbonyl (C=O) groups excluding carboxylic acids is 2. The van der Waals surface area contributed by atoms with E-state index in [1.54, 1.807) is 0 Å². The van der Waals surface area contributed by atoms with Crippen molar-refractivity contribution in [2.45, 2.75) is 290 Å². The molecule has 0 fully saturated rings. The van der Waals surface area contributed by atoms with Crippen LogP contribution in [0.3, 0.4) is 0 Å². The van der Waals surface area contributed by atoms with E-state index in [1.165, 1.54) is 167 Å². The second-order valence-corrected chi connectivity index (χ2v) is 22.0. The lowest BCUT2D eigenvalue weighted by Gasteiger charge is -2.19. The SMILES string of the molecule is CC/C=C\C/C=C\C/C=C\C/C=C\C/C=C\C/C=C\C/C=C\CCCCCC(=O)OC(COC(=O)CCCCCCCCCCCCCCCCCCCCCCCCCCCCCCC)COP(=O)(O)OCCN. The highest BCUT2D eigenvalue weighted by Crippen LogP contribution is 2.43. The van der Waals surface area contributed by atoms with Gasteiger partial charge in [-0.1, -0.05) is 285 Å². The van der Waals surface area contributed by atoms with Crippen LogP contribution < -0.4 is 5.73 Å². The molecule has 9 nitrogen and oxygen atoms in total. The number of unbranched alkanes of at least 4 members (excludes halogenated alkanes) is 31. The third kappa shape index (κ3) is 60.3. The van der Waals surface area contributed by atoms with Gasteiger partial charge in [-0.15, -0.1) is 0 Å². The Bertz CT molecular complexity index is 1500. The summed E-state index contributed by atoms with van der Waals surface area (Å²) in [5.41, 5.74) is 5.38. The fourth-order valence-corrected chi connectivity index (χ4v) is 9.50. The van der Waals surface area contributed by atoms with Crippen molar-refractivity contribution in [2.75, 3.05) is 26.4 Å². The average molecular weight is 1070 g/mol. The van der Waals surface area contributed by atoms with E-state index in [1.807, 2.05) is 0 Å². The number of hydrogen-bond donors (Lipinski definition) is 2. The van der Waals surface area contributed by atoms with Gasteiger partial charge in [-0.3, -0.25) is 18.6 Å². The molecule has 0 amide bonds. The summed E-state index contributed by atoms with van der Waals surface area (Å²) >= 11 is 0. The van der Waals surface area contributed by atoms with Gasteiger partial charge in [-0.25, -0.2) is 4.57 Å². The van der Waals surface area contributed by atoms with Crippen molar-refractivity contribution in [3.05, 3.63) is 85.1 Å². The van der Waals surface area contributed by atoms with Crippen LogP contribution in [0.2, 0.25) is 0 Å². The number of esters is 2. The summed E-state index contributed by atoms with van der Waals surface area (Å²) in [7, 11) is -4.40. The maximum atomic E-state index is 12.7. The second-order valence-electron chi connectivity index (χ2n) is 20.6. The highest BCUT2D eigenvalue weighted by molar-refractivity contribution is 7.47. The van der Waals surface area contributed by atoms with Crippen LogP contribution >= 0.6 is 7.82 Å². The second kappa shape index (κ2) is 60.4. The lowest BCUT2D eigenvalue weighted by atomic mass is 10.0. The van der Waals surface area contributed by atoms with Gasteiger partial charge in [0.15, 0.2) is 6.10 Å². The fraction of sp³-hybridized carbons (Fsp3) is 0.754. The Hall–Kier alpha value is -2.81. The Kier molecular flexibility index (Phi) is 58.2. The number of ether oxygens (including phenoxy) is 2. The molecule has 2 atom stereocenters. The molecule has 0 saturated heterocycles. The minimum absolute atomic E-state index is 0.0445. The molecule has 0 aliphatic carbocycles. The molecule has 75 heavy (non-hydrogen) atoms. The Balaban J connectivity index is 3.98. The summed E-state index contributed by atoms with van der Waals surface area (Å²) in [6, 6.07) is 0. The number of carbonyl (C=O) groups is 2. The molecular weight excluding hydrogens is 954 g/mol. The highest BCUT2D eigenvalue weighted by Gasteiger charge is 2.26. The van der Waals surface area contributed by atoms with Gasteiger partial charge in [0.25, 0.3) is 0 Å². The molecule has 0 radical (unpaired) electrons. The molecule has 0 aromatic carbocycles. The fourth-order valence-electron chi connectivity index (χ4n) is 8.74. The van der Waals surface area contributed by atoms with Crippen LogP contribution in [0.4, 0.5) is 0 Å². The van der Waals surface area contributed by atoms with E-state index in [4.69, 9.17) is 24.3 Å². The minimum atomic E-state index is -4.40. The zero-order valence-electron chi connectivity index (χ0n) is 48.5. The van der Waals surface area contributed by atoms with Gasteiger partial charge in [0.2, 0.25) is 0 Å². The predicted molar refractivity (Wildman–Crippen MR) is 321 cm³/mol. The van der Waals surface area contributed by atoms with Gasteiger partial charge >= 0.3 is 19.8 Å². The van der Waals surface area contributed by atoms with Crippen LogP contribution in [0.15, 0.2) is 85.1 Å². The van der Waals surface area contributed by atoms with Crippen molar-refractivity contribution in [3.63, 3.8) is 0 Å². The highest BCUT2D eigenvalue weighted by atomic mass is 31.2. The zero-order chi connectivity index (χ0) is 54.5. The first-order chi connectivity index (χ1) is 36.8. The molecule has 0 heterocycles. The first-order valence-corrected chi connectivity index (χ1v) is 32.6. The van der Waals surface area contributed by atoms with Crippen molar-refractivity contribution in [1.29, 1.82) is 0 Å². The van der Waals surface area contributed by atoms with Crippen molar-refractivity contribution < 1.29 is 37.6 Å². The van der Waals surface area contributed by atoms with Gasteiger partial charge in [-0.2, -0.15) is 0 Å². The lowest BCUT2D eigenvalue weighted by molar-refractivity contribution is -0.161. The van der Waals surface area contributed by atoms with E-state index in [0.717, 1.165) is 83.5 Å². The number of rotatable bonds is 58. The Morgan fingerprint density at radius 1 is 0.413 bits per heavy atom. The Morgan fingerprint density at radius 2 is 0.733 bits per heavy atom. The third-order valence-corrected chi connectivity index (χ3v) is 14.3. The number of hydrogen-bond acceptors (Lipinski definition) is 8. The van der Waals surface area contributed by atoms with E-state index in [-0.39, 0.29) is 38.6 Å². The molecule has 0 aromatic heterocycles. The van der Waals surface area contributed by atoms with Gasteiger partial charge in [-0.05, 0) is 70.6 Å². The largest absolute Gasteiger partial charge is 0.472 e. The van der Waals surface area contributed by atoms with Crippen LogP contribution in [0.1, 0.15) is 284 Å². The van der Waals surface area contributed by atoms with Crippen LogP contribution in [0, 0.1) is 0 Å². The normalized spacial score (nSPS) is 13.6. The maximum absolute atomic E-state index is 12.7. The van der Waals surface area contributed by atoms with Gasteiger partial charge < -0.3 is 20.1 Å². The van der Waals surface area contributed by atoms with E-state index in [9.17, 15) is 19.0 Å². The maximum Gasteiger partial charge on any atom is 0.472 e. The monoisotopic (exact) mass is 1070 g/mol. The topological polar surface area (TPSA) is 134 Å². The number of nitrogens with two attached hydrogens (primary N) is 1. The van der Waals surface area contributed by atoms with Crippen molar-refractivity contribution >= 4 is 19.8 Å². The molecule has 3 N–H and O–H groups in total. The third-order valence-electron chi connectivity index (χ3n) is 13.3. The van der Waals surface area contributed by atoms with Crippen LogP contribution in [0.5, 0.6) is 0 Å². The summed E-state index contributed by atoms with van der Waals surface area (Å²) in [6.45, 7) is 3.62. The van der Waals surface area contributed by atoms with Crippen molar-refractivity contribution in [1.82, 2.24) is 0 Å². The van der Waals surface area contributed by atoms with Crippen LogP contribution in [-0.2, 0) is 32.7 Å². The van der Waals surface area contributed by atoms with E-state index in [2.05, 4.69) is 98.9 Å². The molecule has 0 saturated carbocycles. The zero-order valence-corrected chi connectivity index (χ0v) is 49.4. The van der Waals surface area contributed by atoms with E-state index >= 15 is 0 Å². The van der Waals surface area contributed by atoms with E-state index < -0.39 is 26.5 Å². The molecular formula is C65H116NO8P. The van der Waals surface area contributed by atoms with Gasteiger partial charge in [0.05, 0.1) is 13.2 Å². The Labute approximate surface area is 462 Å². The van der Waals surface area contributed by atoms with Crippen molar-refractivity contribution in [3.8, 4) is 0 Å². The molecule has 0 bridgehead atoms. The average Bonchev–Trinajstić information content (AvgIpc) is 3.40. The lowest BCUT2D eigenvalue weighted by Crippen LogP contribution is -2.29. The molecule has 2 unspecified atom stereocenters. The first kappa shape index (κ1) is 72.2. The summed E-state index contributed by atoms with van der Waals surface area (Å²) in [6.07, 6.45) is 79.5. The number of allylic oxidation sites excluding steroid dienone is 14. The smallest absolute Gasteiger partial charge is 0.462 e. The molecule has 0 aliphatic rings. The molecule has 0 aromatic rings. The van der Waals surface area contributed by atoms with Gasteiger partial charge in [0.1, 0.15) is 6.61 Å². The molecule has 0 rings (SSSR count). The standard InChI is InChI=1S/C65H116NO8P/c1-3-5-7-9-11-13-15-17-19-21-23-25-27-29-30-31-32-34-35-37-39-41-43-45-47-49-51-53-55-57-64(67)71-61-63(62-73-75(69,70)72-60-59-66)74-65(68)58-56-54-52-50-48-46-44-42-40-38-36-33-28-26-24-22-20-18-16-14-12-10-8-6-4-2/h6,8,12,14,18,20,24,26,33,36,40,42,46,48,63H,3-5,7,9-11,13,15-17,19,21-23,25,27-32,34-35,37-39,41,43-45,47,49-62,66H2,1-2H3,(H,69,70)/b8-6-,14-12-,20-18-,26-24-,36-33-,42-40-,48-46-. The molecule has 434 valence electrons. The molecule has 10 heteroatoms. The quantitative estimate of drug-likeness (QED) is 0.0264. The van der Waals surface area contributed by atoms with Crippen molar-refractivity contribution in [2.24, 2.45) is 5.73 Å². The number of phosphoric ester groups is 1. The first-order valence-electron chi connectivity index (χ1n) is 31.1. The predicted octanol–water partition coefficient (Wildman–Crippen LogP) is 19.9. The van der Waals surface area contributed by atoms with E-state index in [0.29, 0.717) is 6.42 Å². The summed E-state index contributed by atoms with van der Waals surface area (Å²) in [5.74, 6) is -0.860.